The molecular weight excluding hydrogens is 156 g/mol. The Morgan fingerprint density at radius 3 is 2.55 bits per heavy atom. The molecular formula is C8H14O2Si. The van der Waals surface area contributed by atoms with Crippen LogP contribution in [0, 0.1) is 0 Å². The molecule has 0 aliphatic rings. The molecule has 0 unspecified atom stereocenters. The molecule has 3 heteroatoms. The lowest BCUT2D eigenvalue weighted by atomic mass is 10.4. The fraction of sp³-hybridized carbons (Fsp3) is 0.375. The predicted octanol–water partition coefficient (Wildman–Crippen LogP) is 1.99. The summed E-state index contributed by atoms with van der Waals surface area (Å²) >= 11 is 0. The smallest absolute Gasteiger partial charge is 0.307 e. The van der Waals surface area contributed by atoms with Gasteiger partial charge < -0.3 is 5.11 Å². The van der Waals surface area contributed by atoms with Crippen LogP contribution in [0.25, 0.3) is 0 Å². The summed E-state index contributed by atoms with van der Waals surface area (Å²) in [4.78, 5) is 10.1. The predicted molar refractivity (Wildman–Crippen MR) is 49.1 cm³/mol. The van der Waals surface area contributed by atoms with Crippen LogP contribution in [-0.2, 0) is 4.79 Å². The van der Waals surface area contributed by atoms with E-state index in [0.29, 0.717) is 0 Å². The molecule has 0 aliphatic carbocycles. The first kappa shape index (κ1) is 10.2. The summed E-state index contributed by atoms with van der Waals surface area (Å²) in [6, 6.07) is 0. The monoisotopic (exact) mass is 170 g/mol. The Hall–Kier alpha value is -0.833. The molecule has 0 fully saturated rings. The van der Waals surface area contributed by atoms with Gasteiger partial charge in [-0.15, -0.1) is 6.58 Å². The van der Waals surface area contributed by atoms with Gasteiger partial charge in [-0.05, 0) is 0 Å². The van der Waals surface area contributed by atoms with Crippen LogP contribution in [0.4, 0.5) is 0 Å². The van der Waals surface area contributed by atoms with Crippen LogP contribution in [-0.4, -0.2) is 19.1 Å². The van der Waals surface area contributed by atoms with Gasteiger partial charge in [0.1, 0.15) is 0 Å². The Morgan fingerprint density at radius 1 is 1.64 bits per heavy atom. The van der Waals surface area contributed by atoms with E-state index in [0.717, 1.165) is 0 Å². The molecule has 0 radical (unpaired) electrons. The Kier molecular flexibility index (Phi) is 3.82. The van der Waals surface area contributed by atoms with E-state index >= 15 is 0 Å². The molecule has 2 nitrogen and oxygen atoms in total. The third-order valence-corrected chi connectivity index (χ3v) is 3.51. The van der Waals surface area contributed by atoms with Gasteiger partial charge in [-0.2, -0.15) is 0 Å². The van der Waals surface area contributed by atoms with Gasteiger partial charge in [0.15, 0.2) is 0 Å². The van der Waals surface area contributed by atoms with Crippen molar-refractivity contribution in [2.24, 2.45) is 0 Å². The molecule has 0 saturated carbocycles. The maximum Gasteiger partial charge on any atom is 0.307 e. The maximum absolute atomic E-state index is 10.1. The molecule has 1 N–H and O–H groups in total. The summed E-state index contributed by atoms with van der Waals surface area (Å²) in [6.07, 6.45) is 1.82. The van der Waals surface area contributed by atoms with Gasteiger partial charge in [0.2, 0.25) is 0 Å². The zero-order chi connectivity index (χ0) is 8.91. The zero-order valence-corrected chi connectivity index (χ0v) is 8.00. The lowest BCUT2D eigenvalue weighted by molar-refractivity contribution is -0.135. The van der Waals surface area contributed by atoms with E-state index in [1.807, 2.05) is 11.4 Å². The molecule has 62 valence electrons. The van der Waals surface area contributed by atoms with Crippen LogP contribution in [0.1, 0.15) is 6.42 Å². The van der Waals surface area contributed by atoms with E-state index in [-0.39, 0.29) is 6.42 Å². The summed E-state index contributed by atoms with van der Waals surface area (Å²) in [5.41, 5.74) is 3.90. The summed E-state index contributed by atoms with van der Waals surface area (Å²) in [5, 5.41) is 8.32. The van der Waals surface area contributed by atoms with E-state index in [9.17, 15) is 4.79 Å². The molecule has 0 aliphatic heterocycles. The van der Waals surface area contributed by atoms with Gasteiger partial charge in [0.25, 0.3) is 0 Å². The Morgan fingerprint density at radius 2 is 2.18 bits per heavy atom. The summed E-state index contributed by atoms with van der Waals surface area (Å²) in [6.45, 7) is 7.91. The third kappa shape index (κ3) is 5.60. The van der Waals surface area contributed by atoms with Crippen LogP contribution in [0.3, 0.4) is 0 Å². The van der Waals surface area contributed by atoms with E-state index in [1.165, 1.54) is 0 Å². The molecule has 0 amide bonds. The van der Waals surface area contributed by atoms with Crippen LogP contribution in [0.2, 0.25) is 13.1 Å². The number of carbonyl (C=O) groups is 1. The highest BCUT2D eigenvalue weighted by Crippen LogP contribution is 2.04. The van der Waals surface area contributed by atoms with Crippen LogP contribution < -0.4 is 0 Å². The van der Waals surface area contributed by atoms with Crippen molar-refractivity contribution in [1.82, 2.24) is 0 Å². The molecule has 11 heavy (non-hydrogen) atoms. The first-order valence-corrected chi connectivity index (χ1v) is 6.66. The van der Waals surface area contributed by atoms with Crippen molar-refractivity contribution in [2.45, 2.75) is 19.5 Å². The Bertz CT molecular complexity index is 183. The molecule has 0 saturated heterocycles. The highest BCUT2D eigenvalue weighted by Gasteiger charge is 2.09. The molecule has 0 aromatic rings. The van der Waals surface area contributed by atoms with Crippen molar-refractivity contribution in [3.05, 3.63) is 24.1 Å². The molecule has 0 aromatic heterocycles. The Balaban J connectivity index is 3.92. The van der Waals surface area contributed by atoms with Crippen molar-refractivity contribution in [1.29, 1.82) is 0 Å². The highest BCUT2D eigenvalue weighted by molar-refractivity contribution is 6.86. The van der Waals surface area contributed by atoms with Gasteiger partial charge in [-0.3, -0.25) is 4.79 Å². The fourth-order valence-corrected chi connectivity index (χ4v) is 1.39. The minimum atomic E-state index is -1.42. The molecule has 0 spiro atoms. The first-order chi connectivity index (χ1) is 4.98. The zero-order valence-electron chi connectivity index (χ0n) is 7.00. The van der Waals surface area contributed by atoms with E-state index < -0.39 is 14.0 Å². The average molecular weight is 170 g/mol. The standard InChI is InChI=1S/C8H14O2Si/c1-4-11(2,3)7-5-6-8(9)10/h4-5,7H,1,6H2,2-3H3,(H,9,10)/b7-5+. The van der Waals surface area contributed by atoms with Crippen molar-refractivity contribution in [2.75, 3.05) is 0 Å². The van der Waals surface area contributed by atoms with E-state index in [4.69, 9.17) is 5.11 Å². The number of hydrogen-bond acceptors (Lipinski definition) is 1. The molecule has 0 aromatic carbocycles. The van der Waals surface area contributed by atoms with Crippen LogP contribution >= 0.6 is 0 Å². The van der Waals surface area contributed by atoms with Crippen LogP contribution in [0.15, 0.2) is 24.1 Å². The largest absolute Gasteiger partial charge is 0.481 e. The summed E-state index contributed by atoms with van der Waals surface area (Å²) < 4.78 is 0. The Labute approximate surface area is 68.3 Å². The lowest BCUT2D eigenvalue weighted by Crippen LogP contribution is -2.18. The van der Waals surface area contributed by atoms with Gasteiger partial charge >= 0.3 is 5.97 Å². The molecule has 0 heterocycles. The van der Waals surface area contributed by atoms with E-state index in [2.05, 4.69) is 19.7 Å². The van der Waals surface area contributed by atoms with Gasteiger partial charge in [0, 0.05) is 0 Å². The normalized spacial score (nSPS) is 11.8. The number of hydrogen-bond donors (Lipinski definition) is 1. The minimum Gasteiger partial charge on any atom is -0.481 e. The van der Waals surface area contributed by atoms with E-state index in [1.54, 1.807) is 6.08 Å². The molecule has 0 atom stereocenters. The number of aliphatic carboxylic acids is 1. The number of rotatable bonds is 4. The van der Waals surface area contributed by atoms with Gasteiger partial charge in [-0.1, -0.05) is 30.6 Å². The van der Waals surface area contributed by atoms with Crippen LogP contribution in [0.5, 0.6) is 0 Å². The fourth-order valence-electron chi connectivity index (χ4n) is 0.532. The van der Waals surface area contributed by atoms with Crippen molar-refractivity contribution < 1.29 is 9.90 Å². The van der Waals surface area contributed by atoms with Gasteiger partial charge in [0.05, 0.1) is 14.5 Å². The highest BCUT2D eigenvalue weighted by atomic mass is 28.3. The second-order valence-electron chi connectivity index (χ2n) is 3.03. The third-order valence-electron chi connectivity index (χ3n) is 1.37. The summed E-state index contributed by atoms with van der Waals surface area (Å²) in [7, 11) is -1.42. The summed E-state index contributed by atoms with van der Waals surface area (Å²) in [5.74, 6) is -0.782. The van der Waals surface area contributed by atoms with Crippen molar-refractivity contribution in [3.8, 4) is 0 Å². The van der Waals surface area contributed by atoms with Gasteiger partial charge in [-0.25, -0.2) is 0 Å². The maximum atomic E-state index is 10.1. The van der Waals surface area contributed by atoms with Crippen molar-refractivity contribution >= 4 is 14.0 Å². The second kappa shape index (κ2) is 4.13. The molecule has 0 bridgehead atoms. The minimum absolute atomic E-state index is 0.115. The van der Waals surface area contributed by atoms with Crippen molar-refractivity contribution in [3.63, 3.8) is 0 Å². The number of carboxylic acid groups (broad SMARTS) is 1. The second-order valence-corrected chi connectivity index (χ2v) is 7.41. The lowest BCUT2D eigenvalue weighted by Gasteiger charge is -2.09. The average Bonchev–Trinajstić information content (AvgIpc) is 1.87. The quantitative estimate of drug-likeness (QED) is 0.655. The SMILES string of the molecule is C=C[Si](C)(C)/C=C/CC(=O)O. The first-order valence-electron chi connectivity index (χ1n) is 3.51. The topological polar surface area (TPSA) is 37.3 Å². The molecule has 0 rings (SSSR count). The number of carboxylic acids is 1.